The Labute approximate surface area is 178 Å². The quantitative estimate of drug-likeness (QED) is 0.411. The van der Waals surface area contributed by atoms with Crippen molar-refractivity contribution < 1.29 is 28.6 Å². The molecule has 0 bridgehead atoms. The summed E-state index contributed by atoms with van der Waals surface area (Å²) >= 11 is 9.46. The summed E-state index contributed by atoms with van der Waals surface area (Å²) in [7, 11) is 1.38. The number of hydrogen-bond acceptors (Lipinski definition) is 7. The van der Waals surface area contributed by atoms with Crippen LogP contribution in [0.1, 0.15) is 16.1 Å². The summed E-state index contributed by atoms with van der Waals surface area (Å²) in [4.78, 5) is 22.8. The third kappa shape index (κ3) is 5.07. The van der Waals surface area contributed by atoms with Crippen molar-refractivity contribution in [2.45, 2.75) is 0 Å². The van der Waals surface area contributed by atoms with E-state index in [0.29, 0.717) is 11.1 Å². The van der Waals surface area contributed by atoms with Gasteiger partial charge in [-0.1, -0.05) is 27.5 Å². The van der Waals surface area contributed by atoms with Crippen LogP contribution in [-0.2, 0) is 4.79 Å². The molecule has 1 aromatic heterocycles. The lowest BCUT2D eigenvalue weighted by Gasteiger charge is -2.13. The minimum Gasteiger partial charge on any atom is -0.546 e. The summed E-state index contributed by atoms with van der Waals surface area (Å²) in [5, 5.41) is 15.3. The average molecular weight is 481 g/mol. The first-order chi connectivity index (χ1) is 13.9. The molecule has 0 fully saturated rings. The molecule has 8 nitrogen and oxygen atoms in total. The van der Waals surface area contributed by atoms with Crippen LogP contribution < -0.4 is 20.0 Å². The van der Waals surface area contributed by atoms with E-state index < -0.39 is 18.5 Å². The Bertz CT molecular complexity index is 1110. The number of carboxylic acid groups (broad SMARTS) is 1. The zero-order valence-corrected chi connectivity index (χ0v) is 17.2. The summed E-state index contributed by atoms with van der Waals surface area (Å²) in [6.45, 7) is -0.673. The van der Waals surface area contributed by atoms with E-state index in [2.05, 4.69) is 26.5 Å². The summed E-state index contributed by atoms with van der Waals surface area (Å²) in [5.41, 5.74) is 3.42. The standard InChI is InChI=1S/C19H14BrClN2O6/c1-27-15-5-10(4-13(21)18(15)28-9-17(24)25)8-22-23-19(26)16-7-11-6-12(20)2-3-14(11)29-16/h2-8H,9H2,1H3,(H,23,26)(H,24,25)/p-1. The second kappa shape index (κ2) is 8.97. The number of hydrogen-bond donors (Lipinski definition) is 1. The molecule has 150 valence electrons. The van der Waals surface area contributed by atoms with Gasteiger partial charge in [-0.2, -0.15) is 5.10 Å². The van der Waals surface area contributed by atoms with Crippen LogP contribution in [-0.4, -0.2) is 31.8 Å². The van der Waals surface area contributed by atoms with Gasteiger partial charge < -0.3 is 23.8 Å². The Morgan fingerprint density at radius 2 is 2.10 bits per heavy atom. The van der Waals surface area contributed by atoms with E-state index in [9.17, 15) is 14.7 Å². The highest BCUT2D eigenvalue weighted by molar-refractivity contribution is 9.10. The molecule has 1 N–H and O–H groups in total. The van der Waals surface area contributed by atoms with Gasteiger partial charge in [-0.05, 0) is 42.0 Å². The lowest BCUT2D eigenvalue weighted by Crippen LogP contribution is -2.29. The fourth-order valence-corrected chi connectivity index (χ4v) is 3.08. The SMILES string of the molecule is COc1cc(C=NNC(=O)c2cc3cc(Br)ccc3o2)cc(Cl)c1OCC(=O)[O-]. The third-order valence-corrected chi connectivity index (χ3v) is 4.44. The second-order valence-corrected chi connectivity index (χ2v) is 7.01. The maximum atomic E-state index is 12.2. The van der Waals surface area contributed by atoms with E-state index in [-0.39, 0.29) is 22.3 Å². The number of carboxylic acids is 1. The molecule has 0 radical (unpaired) electrons. The van der Waals surface area contributed by atoms with Crippen LogP contribution >= 0.6 is 27.5 Å². The summed E-state index contributed by atoms with van der Waals surface area (Å²) < 4.78 is 16.6. The van der Waals surface area contributed by atoms with Crippen LogP contribution in [0.2, 0.25) is 5.02 Å². The number of furan rings is 1. The van der Waals surface area contributed by atoms with E-state index in [1.807, 2.05) is 12.1 Å². The van der Waals surface area contributed by atoms with Gasteiger partial charge in [0, 0.05) is 9.86 Å². The molecular formula is C19H13BrClN2O6-. The monoisotopic (exact) mass is 479 g/mol. The molecule has 3 aromatic rings. The molecule has 0 unspecified atom stereocenters. The van der Waals surface area contributed by atoms with Crippen molar-refractivity contribution in [3.8, 4) is 11.5 Å². The number of hydrazone groups is 1. The third-order valence-electron chi connectivity index (χ3n) is 3.67. The Morgan fingerprint density at radius 3 is 2.83 bits per heavy atom. The molecule has 1 heterocycles. The van der Waals surface area contributed by atoms with Crippen molar-refractivity contribution in [3.63, 3.8) is 0 Å². The van der Waals surface area contributed by atoms with Crippen molar-refractivity contribution in [3.05, 3.63) is 57.2 Å². The lowest BCUT2D eigenvalue weighted by molar-refractivity contribution is -0.307. The fraction of sp³-hybridized carbons (Fsp3) is 0.105. The molecule has 0 saturated carbocycles. The number of carbonyl (C=O) groups excluding carboxylic acids is 2. The molecule has 3 rings (SSSR count). The van der Waals surface area contributed by atoms with Gasteiger partial charge in [-0.3, -0.25) is 4.79 Å². The highest BCUT2D eigenvalue weighted by atomic mass is 79.9. The number of aliphatic carboxylic acids is 1. The highest BCUT2D eigenvalue weighted by Crippen LogP contribution is 2.36. The number of rotatable bonds is 7. The Morgan fingerprint density at radius 1 is 1.31 bits per heavy atom. The van der Waals surface area contributed by atoms with Gasteiger partial charge in [0.05, 0.1) is 24.3 Å². The van der Waals surface area contributed by atoms with E-state index in [1.54, 1.807) is 12.1 Å². The number of carbonyl (C=O) groups is 2. The maximum Gasteiger partial charge on any atom is 0.307 e. The van der Waals surface area contributed by atoms with Gasteiger partial charge >= 0.3 is 5.91 Å². The minimum absolute atomic E-state index is 0.0630. The van der Waals surface area contributed by atoms with Crippen LogP contribution in [0.5, 0.6) is 11.5 Å². The largest absolute Gasteiger partial charge is 0.546 e. The first-order valence-corrected chi connectivity index (χ1v) is 9.27. The normalized spacial score (nSPS) is 11.0. The molecule has 29 heavy (non-hydrogen) atoms. The van der Waals surface area contributed by atoms with Crippen LogP contribution in [0.25, 0.3) is 11.0 Å². The number of nitrogens with zero attached hydrogens (tertiary/aromatic N) is 1. The first kappa shape index (κ1) is 20.7. The molecule has 2 aromatic carbocycles. The number of fused-ring (bicyclic) bond motifs is 1. The van der Waals surface area contributed by atoms with Crippen LogP contribution in [0.15, 0.2) is 50.4 Å². The van der Waals surface area contributed by atoms with Gasteiger partial charge in [0.2, 0.25) is 0 Å². The molecule has 0 atom stereocenters. The van der Waals surface area contributed by atoms with Gasteiger partial charge in [-0.15, -0.1) is 0 Å². The highest BCUT2D eigenvalue weighted by Gasteiger charge is 2.13. The van der Waals surface area contributed by atoms with Crippen molar-refractivity contribution in [2.75, 3.05) is 13.7 Å². The van der Waals surface area contributed by atoms with Crippen LogP contribution in [0.3, 0.4) is 0 Å². The molecular weight excluding hydrogens is 468 g/mol. The van der Waals surface area contributed by atoms with E-state index in [1.165, 1.54) is 25.5 Å². The second-order valence-electron chi connectivity index (χ2n) is 5.69. The zero-order valence-electron chi connectivity index (χ0n) is 14.9. The van der Waals surface area contributed by atoms with Crippen molar-refractivity contribution in [2.24, 2.45) is 5.10 Å². The predicted octanol–water partition coefficient (Wildman–Crippen LogP) is 2.75. The molecule has 0 spiro atoms. The van der Waals surface area contributed by atoms with Gasteiger partial charge in [0.1, 0.15) is 12.2 Å². The molecule has 0 saturated heterocycles. The van der Waals surface area contributed by atoms with Gasteiger partial charge in [0.25, 0.3) is 0 Å². The van der Waals surface area contributed by atoms with E-state index in [0.717, 1.165) is 9.86 Å². The topological polar surface area (TPSA) is 113 Å². The van der Waals surface area contributed by atoms with Crippen LogP contribution in [0.4, 0.5) is 0 Å². The number of amides is 1. The number of benzene rings is 2. The zero-order chi connectivity index (χ0) is 21.0. The smallest absolute Gasteiger partial charge is 0.307 e. The number of ether oxygens (including phenoxy) is 2. The first-order valence-electron chi connectivity index (χ1n) is 8.10. The van der Waals surface area contributed by atoms with E-state index in [4.69, 9.17) is 25.5 Å². The van der Waals surface area contributed by atoms with E-state index >= 15 is 0 Å². The molecule has 0 aliphatic carbocycles. The van der Waals surface area contributed by atoms with Gasteiger partial charge in [0.15, 0.2) is 17.3 Å². The number of nitrogens with one attached hydrogen (secondary N) is 1. The van der Waals surface area contributed by atoms with Crippen LogP contribution in [0, 0.1) is 0 Å². The molecule has 1 amide bonds. The van der Waals surface area contributed by atoms with Crippen molar-refractivity contribution in [1.29, 1.82) is 0 Å². The average Bonchev–Trinajstić information content (AvgIpc) is 3.09. The molecule has 0 aliphatic heterocycles. The number of halogens is 2. The molecule has 10 heteroatoms. The molecule has 0 aliphatic rings. The summed E-state index contributed by atoms with van der Waals surface area (Å²) in [5.74, 6) is -1.55. The summed E-state index contributed by atoms with van der Waals surface area (Å²) in [6.07, 6.45) is 1.34. The minimum atomic E-state index is -1.39. The Balaban J connectivity index is 1.72. The summed E-state index contributed by atoms with van der Waals surface area (Å²) in [6, 6.07) is 9.99. The van der Waals surface area contributed by atoms with Crippen molar-refractivity contribution in [1.82, 2.24) is 5.43 Å². The maximum absolute atomic E-state index is 12.2. The number of methoxy groups -OCH3 is 1. The Hall–Kier alpha value is -3.04. The lowest BCUT2D eigenvalue weighted by atomic mass is 10.2. The Kier molecular flexibility index (Phi) is 6.40. The van der Waals surface area contributed by atoms with Crippen molar-refractivity contribution >= 4 is 56.6 Å². The fourth-order valence-electron chi connectivity index (χ4n) is 2.43. The van der Waals surface area contributed by atoms with Gasteiger partial charge in [-0.25, -0.2) is 5.43 Å². The predicted molar refractivity (Wildman–Crippen MR) is 107 cm³/mol.